The molecule has 0 saturated carbocycles. The lowest BCUT2D eigenvalue weighted by Crippen LogP contribution is -2.36. The van der Waals surface area contributed by atoms with Crippen molar-refractivity contribution in [2.75, 3.05) is 13.7 Å². The Bertz CT molecular complexity index is 421. The van der Waals surface area contributed by atoms with Crippen LogP contribution < -0.4 is 10.1 Å². The highest BCUT2D eigenvalue weighted by atomic mass is 16.5. The number of hydrogen-bond donors (Lipinski definition) is 1. The molecule has 3 heteroatoms. The molecule has 1 aliphatic heterocycles. The van der Waals surface area contributed by atoms with E-state index in [0.717, 1.165) is 31.4 Å². The summed E-state index contributed by atoms with van der Waals surface area (Å²) in [4.78, 5) is 12.5. The number of rotatable bonds is 3. The molecular formula is C15H21NO2. The number of ketones is 1. The molecule has 98 valence electrons. The standard InChI is InChI=1S/C15H21NO2/c1-11-7-8-14(18-2)12(10-11)15(17)13-6-4-3-5-9-16-13/h7-8,10,13,16H,3-6,9H2,1-2H3. The molecule has 1 saturated heterocycles. The fourth-order valence-corrected chi connectivity index (χ4v) is 2.45. The zero-order valence-corrected chi connectivity index (χ0v) is 11.2. The number of aryl methyl sites for hydroxylation is 1. The SMILES string of the molecule is COc1ccc(C)cc1C(=O)C1CCCCCN1. The van der Waals surface area contributed by atoms with E-state index in [1.807, 2.05) is 25.1 Å². The summed E-state index contributed by atoms with van der Waals surface area (Å²) in [5.41, 5.74) is 1.80. The van der Waals surface area contributed by atoms with Crippen LogP contribution in [-0.2, 0) is 0 Å². The van der Waals surface area contributed by atoms with Gasteiger partial charge in [0, 0.05) is 0 Å². The van der Waals surface area contributed by atoms with Crippen molar-refractivity contribution >= 4 is 5.78 Å². The highest BCUT2D eigenvalue weighted by Gasteiger charge is 2.23. The van der Waals surface area contributed by atoms with Gasteiger partial charge in [0.25, 0.3) is 0 Å². The van der Waals surface area contributed by atoms with Crippen LogP contribution in [0.4, 0.5) is 0 Å². The Morgan fingerprint density at radius 1 is 1.33 bits per heavy atom. The van der Waals surface area contributed by atoms with Gasteiger partial charge in [-0.25, -0.2) is 0 Å². The van der Waals surface area contributed by atoms with Gasteiger partial charge in [0.1, 0.15) is 5.75 Å². The summed E-state index contributed by atoms with van der Waals surface area (Å²) in [6.07, 6.45) is 4.42. The van der Waals surface area contributed by atoms with Crippen LogP contribution in [0.25, 0.3) is 0 Å². The molecule has 1 unspecified atom stereocenters. The minimum absolute atomic E-state index is 0.0526. The molecule has 1 aromatic rings. The van der Waals surface area contributed by atoms with E-state index in [2.05, 4.69) is 5.32 Å². The lowest BCUT2D eigenvalue weighted by Gasteiger charge is -2.16. The molecule has 1 fully saturated rings. The molecule has 1 atom stereocenters. The van der Waals surface area contributed by atoms with Crippen molar-refractivity contribution in [2.24, 2.45) is 0 Å². The lowest BCUT2D eigenvalue weighted by molar-refractivity contribution is 0.0937. The van der Waals surface area contributed by atoms with E-state index in [1.165, 1.54) is 6.42 Å². The quantitative estimate of drug-likeness (QED) is 0.835. The number of methoxy groups -OCH3 is 1. The average Bonchev–Trinajstić information content (AvgIpc) is 2.66. The van der Waals surface area contributed by atoms with Crippen molar-refractivity contribution in [3.63, 3.8) is 0 Å². The normalized spacial score (nSPS) is 20.2. The molecule has 0 bridgehead atoms. The zero-order valence-electron chi connectivity index (χ0n) is 11.2. The number of Topliss-reactive ketones (excluding diaryl/α,β-unsaturated/α-hetero) is 1. The Morgan fingerprint density at radius 3 is 2.94 bits per heavy atom. The van der Waals surface area contributed by atoms with Gasteiger partial charge in [0.05, 0.1) is 18.7 Å². The molecule has 1 N–H and O–H groups in total. The Balaban J connectivity index is 2.23. The maximum absolute atomic E-state index is 12.5. The molecule has 0 aromatic heterocycles. The van der Waals surface area contributed by atoms with Crippen molar-refractivity contribution in [3.05, 3.63) is 29.3 Å². The van der Waals surface area contributed by atoms with Crippen molar-refractivity contribution < 1.29 is 9.53 Å². The summed E-state index contributed by atoms with van der Waals surface area (Å²) in [5.74, 6) is 0.842. The maximum atomic E-state index is 12.5. The predicted molar refractivity (Wildman–Crippen MR) is 72.3 cm³/mol. The summed E-state index contributed by atoms with van der Waals surface area (Å²) in [7, 11) is 1.61. The zero-order chi connectivity index (χ0) is 13.0. The first kappa shape index (κ1) is 13.1. The third-order valence-electron chi connectivity index (χ3n) is 3.50. The van der Waals surface area contributed by atoms with Crippen molar-refractivity contribution in [1.29, 1.82) is 0 Å². The Labute approximate surface area is 109 Å². The third kappa shape index (κ3) is 2.91. The van der Waals surface area contributed by atoms with Crippen LogP contribution in [0, 0.1) is 6.92 Å². The van der Waals surface area contributed by atoms with Crippen molar-refractivity contribution in [1.82, 2.24) is 5.32 Å². The molecule has 2 rings (SSSR count). The number of nitrogens with one attached hydrogen (secondary N) is 1. The van der Waals surface area contributed by atoms with E-state index in [4.69, 9.17) is 4.74 Å². The van der Waals surface area contributed by atoms with E-state index < -0.39 is 0 Å². The maximum Gasteiger partial charge on any atom is 0.183 e. The summed E-state index contributed by atoms with van der Waals surface area (Å²) >= 11 is 0. The summed E-state index contributed by atoms with van der Waals surface area (Å²) in [5, 5.41) is 3.35. The Morgan fingerprint density at radius 2 is 2.17 bits per heavy atom. The van der Waals surface area contributed by atoms with E-state index in [-0.39, 0.29) is 11.8 Å². The minimum Gasteiger partial charge on any atom is -0.496 e. The van der Waals surface area contributed by atoms with Crippen LogP contribution in [0.5, 0.6) is 5.75 Å². The van der Waals surface area contributed by atoms with Crippen LogP contribution in [0.1, 0.15) is 41.6 Å². The fourth-order valence-electron chi connectivity index (χ4n) is 2.45. The number of ether oxygens (including phenoxy) is 1. The molecule has 0 amide bonds. The number of carbonyl (C=O) groups is 1. The molecule has 0 radical (unpaired) electrons. The number of benzene rings is 1. The summed E-state index contributed by atoms with van der Waals surface area (Å²) < 4.78 is 5.29. The van der Waals surface area contributed by atoms with Gasteiger partial charge in [-0.1, -0.05) is 24.5 Å². The average molecular weight is 247 g/mol. The Hall–Kier alpha value is -1.35. The molecule has 0 spiro atoms. The first-order valence-electron chi connectivity index (χ1n) is 6.64. The highest BCUT2D eigenvalue weighted by molar-refractivity contribution is 6.02. The van der Waals surface area contributed by atoms with Gasteiger partial charge >= 0.3 is 0 Å². The second kappa shape index (κ2) is 6.01. The summed E-state index contributed by atoms with van der Waals surface area (Å²) in [6, 6.07) is 5.71. The Kier molecular flexibility index (Phi) is 4.37. The van der Waals surface area contributed by atoms with Crippen molar-refractivity contribution in [2.45, 2.75) is 38.6 Å². The lowest BCUT2D eigenvalue weighted by atomic mass is 9.98. The van der Waals surface area contributed by atoms with Gasteiger partial charge in [-0.2, -0.15) is 0 Å². The number of carbonyl (C=O) groups excluding carboxylic acids is 1. The molecule has 1 aromatic carbocycles. The monoisotopic (exact) mass is 247 g/mol. The second-order valence-electron chi connectivity index (χ2n) is 4.92. The molecule has 3 nitrogen and oxygen atoms in total. The largest absolute Gasteiger partial charge is 0.496 e. The minimum atomic E-state index is -0.0526. The van der Waals surface area contributed by atoms with Crippen molar-refractivity contribution in [3.8, 4) is 5.75 Å². The fraction of sp³-hybridized carbons (Fsp3) is 0.533. The molecule has 1 aliphatic rings. The van der Waals surface area contributed by atoms with Gasteiger partial charge in [-0.3, -0.25) is 4.79 Å². The van der Waals surface area contributed by atoms with Crippen LogP contribution in [0.15, 0.2) is 18.2 Å². The summed E-state index contributed by atoms with van der Waals surface area (Å²) in [6.45, 7) is 2.93. The van der Waals surface area contributed by atoms with Gasteiger partial charge in [0.2, 0.25) is 0 Å². The number of hydrogen-bond acceptors (Lipinski definition) is 3. The third-order valence-corrected chi connectivity index (χ3v) is 3.50. The van der Waals surface area contributed by atoms with E-state index in [9.17, 15) is 4.79 Å². The van der Waals surface area contributed by atoms with Gasteiger partial charge in [-0.15, -0.1) is 0 Å². The van der Waals surface area contributed by atoms with E-state index >= 15 is 0 Å². The van der Waals surface area contributed by atoms with E-state index in [0.29, 0.717) is 11.3 Å². The van der Waals surface area contributed by atoms with Crippen LogP contribution in [0.3, 0.4) is 0 Å². The van der Waals surface area contributed by atoms with Gasteiger partial charge in [0.15, 0.2) is 5.78 Å². The molecule has 1 heterocycles. The van der Waals surface area contributed by atoms with E-state index in [1.54, 1.807) is 7.11 Å². The van der Waals surface area contributed by atoms with Crippen LogP contribution in [-0.4, -0.2) is 25.5 Å². The molecule has 0 aliphatic carbocycles. The van der Waals surface area contributed by atoms with Crippen LogP contribution >= 0.6 is 0 Å². The highest BCUT2D eigenvalue weighted by Crippen LogP contribution is 2.23. The van der Waals surface area contributed by atoms with Gasteiger partial charge < -0.3 is 10.1 Å². The first-order valence-corrected chi connectivity index (χ1v) is 6.64. The topological polar surface area (TPSA) is 38.3 Å². The molecular weight excluding hydrogens is 226 g/mol. The molecule has 18 heavy (non-hydrogen) atoms. The second-order valence-corrected chi connectivity index (χ2v) is 4.92. The van der Waals surface area contributed by atoms with Gasteiger partial charge in [-0.05, 0) is 38.4 Å². The smallest absolute Gasteiger partial charge is 0.183 e. The predicted octanol–water partition coefficient (Wildman–Crippen LogP) is 2.72. The first-order chi connectivity index (χ1) is 8.72. The van der Waals surface area contributed by atoms with Crippen LogP contribution in [0.2, 0.25) is 0 Å².